The largest absolute Gasteiger partial charge is 0.322 e. The standard InChI is InChI=1S/C28H21F2N5O2/c1-18-17-34-25(24(16-32-34)26(36)33-22-9-5-6-19(14-22)15-31)27(37)35(18)23-12-10-21(11-13-23)28(29,30)20-7-3-2-4-8-20/h2-14,16,18H,17H2,1H3,(H,33,36)/t18-/m1/s1. The smallest absolute Gasteiger partial charge is 0.298 e. The zero-order chi connectivity index (χ0) is 26.2. The van der Waals surface area contributed by atoms with E-state index in [0.29, 0.717) is 23.5 Å². The summed E-state index contributed by atoms with van der Waals surface area (Å²) in [7, 11) is 0. The van der Waals surface area contributed by atoms with Crippen LogP contribution in [0, 0.1) is 11.3 Å². The Hall–Kier alpha value is -4.84. The van der Waals surface area contributed by atoms with Crippen LogP contribution in [0.1, 0.15) is 44.5 Å². The minimum absolute atomic E-state index is 0.0801. The molecule has 0 aliphatic carbocycles. The van der Waals surface area contributed by atoms with Crippen LogP contribution >= 0.6 is 0 Å². The van der Waals surface area contributed by atoms with Crippen LogP contribution in [-0.4, -0.2) is 27.6 Å². The normalized spacial score (nSPS) is 15.1. The fourth-order valence-corrected chi connectivity index (χ4v) is 4.44. The Bertz CT molecular complexity index is 1520. The highest BCUT2D eigenvalue weighted by Gasteiger charge is 2.37. The summed E-state index contributed by atoms with van der Waals surface area (Å²) in [5.74, 6) is -4.20. The number of rotatable bonds is 5. The lowest BCUT2D eigenvalue weighted by molar-refractivity contribution is 0.0428. The molecule has 0 radical (unpaired) electrons. The van der Waals surface area contributed by atoms with Gasteiger partial charge >= 0.3 is 0 Å². The van der Waals surface area contributed by atoms with Crippen molar-refractivity contribution >= 4 is 23.2 Å². The van der Waals surface area contributed by atoms with E-state index in [1.807, 2.05) is 13.0 Å². The molecule has 0 fully saturated rings. The highest BCUT2D eigenvalue weighted by molar-refractivity contribution is 6.15. The molecule has 0 unspecified atom stereocenters. The summed E-state index contributed by atoms with van der Waals surface area (Å²) < 4.78 is 31.4. The molecular formula is C28H21F2N5O2. The summed E-state index contributed by atoms with van der Waals surface area (Å²) in [6.07, 6.45) is 1.33. The van der Waals surface area contributed by atoms with Gasteiger partial charge in [-0.15, -0.1) is 0 Å². The summed E-state index contributed by atoms with van der Waals surface area (Å²) in [5.41, 5.74) is 1.10. The highest BCUT2D eigenvalue weighted by atomic mass is 19.3. The van der Waals surface area contributed by atoms with E-state index in [9.17, 15) is 18.4 Å². The number of amides is 2. The van der Waals surface area contributed by atoms with E-state index in [0.717, 1.165) is 0 Å². The molecular weight excluding hydrogens is 476 g/mol. The first-order valence-corrected chi connectivity index (χ1v) is 11.5. The van der Waals surface area contributed by atoms with Gasteiger partial charge in [0.15, 0.2) is 0 Å². The molecule has 4 aromatic rings. The van der Waals surface area contributed by atoms with Crippen molar-refractivity contribution in [3.63, 3.8) is 0 Å². The van der Waals surface area contributed by atoms with Crippen LogP contribution in [0.15, 0.2) is 85.1 Å². The number of benzene rings is 3. The van der Waals surface area contributed by atoms with Gasteiger partial charge in [-0.2, -0.15) is 19.1 Å². The molecule has 0 saturated carbocycles. The third-order valence-electron chi connectivity index (χ3n) is 6.28. The minimum Gasteiger partial charge on any atom is -0.322 e. The lowest BCUT2D eigenvalue weighted by atomic mass is 9.99. The van der Waals surface area contributed by atoms with Crippen molar-refractivity contribution in [2.24, 2.45) is 0 Å². The molecule has 0 saturated heterocycles. The molecule has 37 heavy (non-hydrogen) atoms. The van der Waals surface area contributed by atoms with Crippen molar-refractivity contribution in [2.45, 2.75) is 25.4 Å². The third kappa shape index (κ3) is 4.34. The van der Waals surface area contributed by atoms with Gasteiger partial charge in [0.2, 0.25) is 0 Å². The van der Waals surface area contributed by atoms with Gasteiger partial charge in [-0.1, -0.05) is 48.5 Å². The number of anilines is 2. The summed E-state index contributed by atoms with van der Waals surface area (Å²) in [6.45, 7) is 2.14. The number of nitrogens with zero attached hydrogens (tertiary/aromatic N) is 4. The first-order valence-electron chi connectivity index (χ1n) is 11.5. The van der Waals surface area contributed by atoms with Crippen LogP contribution in [0.3, 0.4) is 0 Å². The van der Waals surface area contributed by atoms with Crippen molar-refractivity contribution in [1.82, 2.24) is 9.78 Å². The van der Waals surface area contributed by atoms with Gasteiger partial charge in [0.25, 0.3) is 17.7 Å². The van der Waals surface area contributed by atoms with E-state index in [1.54, 1.807) is 36.4 Å². The van der Waals surface area contributed by atoms with Gasteiger partial charge in [0.05, 0.1) is 36.0 Å². The Morgan fingerprint density at radius 1 is 1.05 bits per heavy atom. The van der Waals surface area contributed by atoms with E-state index in [4.69, 9.17) is 5.26 Å². The Kier molecular flexibility index (Phi) is 6.01. The Morgan fingerprint density at radius 2 is 1.76 bits per heavy atom. The van der Waals surface area contributed by atoms with E-state index in [-0.39, 0.29) is 28.4 Å². The molecule has 7 nitrogen and oxygen atoms in total. The van der Waals surface area contributed by atoms with Crippen LogP contribution in [0.4, 0.5) is 20.2 Å². The summed E-state index contributed by atoms with van der Waals surface area (Å²) in [6, 6.07) is 21.2. The maximum atomic E-state index is 15.0. The molecule has 3 aromatic carbocycles. The molecule has 1 aliphatic heterocycles. The molecule has 9 heteroatoms. The minimum atomic E-state index is -3.19. The fourth-order valence-electron chi connectivity index (χ4n) is 4.44. The van der Waals surface area contributed by atoms with Gasteiger partial charge in [0, 0.05) is 22.5 Å². The fraction of sp³-hybridized carbons (Fsp3) is 0.143. The second kappa shape index (κ2) is 9.32. The predicted octanol–water partition coefficient (Wildman–Crippen LogP) is 5.20. The van der Waals surface area contributed by atoms with Crippen molar-refractivity contribution in [3.05, 3.63) is 113 Å². The number of alkyl halides is 2. The first-order chi connectivity index (χ1) is 17.8. The number of nitriles is 1. The topological polar surface area (TPSA) is 91.0 Å². The molecule has 2 heterocycles. The number of carbonyl (C=O) groups excluding carboxylic acids is 2. The number of nitrogens with one attached hydrogen (secondary N) is 1. The molecule has 2 amide bonds. The van der Waals surface area contributed by atoms with Gasteiger partial charge in [0.1, 0.15) is 5.69 Å². The SMILES string of the molecule is C[C@@H]1Cn2ncc(C(=O)Nc3cccc(C#N)c3)c2C(=O)N1c1ccc(C(F)(F)c2ccccc2)cc1. The van der Waals surface area contributed by atoms with Crippen LogP contribution in [0.5, 0.6) is 0 Å². The lowest BCUT2D eigenvalue weighted by Crippen LogP contribution is -2.47. The zero-order valence-corrected chi connectivity index (χ0v) is 19.7. The van der Waals surface area contributed by atoms with Gasteiger partial charge in [-0.3, -0.25) is 14.3 Å². The van der Waals surface area contributed by atoms with Crippen molar-refractivity contribution in [1.29, 1.82) is 5.26 Å². The Balaban J connectivity index is 1.42. The van der Waals surface area contributed by atoms with Crippen molar-refractivity contribution < 1.29 is 18.4 Å². The molecule has 184 valence electrons. The van der Waals surface area contributed by atoms with E-state index < -0.39 is 17.7 Å². The number of hydrogen-bond donors (Lipinski definition) is 1. The van der Waals surface area contributed by atoms with Gasteiger partial charge in [-0.05, 0) is 37.3 Å². The molecule has 0 bridgehead atoms. The summed E-state index contributed by atoms with van der Waals surface area (Å²) in [4.78, 5) is 28.1. The van der Waals surface area contributed by atoms with Gasteiger partial charge in [-0.25, -0.2) is 0 Å². The average Bonchev–Trinajstić information content (AvgIpc) is 3.34. The number of carbonyl (C=O) groups is 2. The van der Waals surface area contributed by atoms with E-state index in [1.165, 1.54) is 58.2 Å². The van der Waals surface area contributed by atoms with Crippen LogP contribution in [0.25, 0.3) is 0 Å². The van der Waals surface area contributed by atoms with Gasteiger partial charge < -0.3 is 10.2 Å². The lowest BCUT2D eigenvalue weighted by Gasteiger charge is -2.34. The van der Waals surface area contributed by atoms with Crippen molar-refractivity contribution in [3.8, 4) is 6.07 Å². The zero-order valence-electron chi connectivity index (χ0n) is 19.7. The maximum Gasteiger partial charge on any atom is 0.298 e. The number of hydrogen-bond acceptors (Lipinski definition) is 4. The van der Waals surface area contributed by atoms with Crippen LogP contribution in [0.2, 0.25) is 0 Å². The highest BCUT2D eigenvalue weighted by Crippen LogP contribution is 2.37. The summed E-state index contributed by atoms with van der Waals surface area (Å²) >= 11 is 0. The molecule has 1 aromatic heterocycles. The molecule has 5 rings (SSSR count). The second-order valence-corrected chi connectivity index (χ2v) is 8.75. The predicted molar refractivity (Wildman–Crippen MR) is 133 cm³/mol. The van der Waals surface area contributed by atoms with Crippen molar-refractivity contribution in [2.75, 3.05) is 10.2 Å². The molecule has 1 atom stereocenters. The number of halogens is 2. The van der Waals surface area contributed by atoms with Crippen LogP contribution in [-0.2, 0) is 12.5 Å². The number of aromatic nitrogens is 2. The first kappa shape index (κ1) is 23.9. The number of fused-ring (bicyclic) bond motifs is 1. The average molecular weight is 498 g/mol. The molecule has 0 spiro atoms. The Morgan fingerprint density at radius 3 is 2.46 bits per heavy atom. The third-order valence-corrected chi connectivity index (χ3v) is 6.28. The second-order valence-electron chi connectivity index (χ2n) is 8.75. The quantitative estimate of drug-likeness (QED) is 0.411. The summed E-state index contributed by atoms with van der Waals surface area (Å²) in [5, 5.41) is 16.0. The van der Waals surface area contributed by atoms with Crippen LogP contribution < -0.4 is 10.2 Å². The maximum absolute atomic E-state index is 15.0. The Labute approximate surface area is 211 Å². The van der Waals surface area contributed by atoms with E-state index >= 15 is 0 Å². The van der Waals surface area contributed by atoms with E-state index in [2.05, 4.69) is 10.4 Å². The monoisotopic (exact) mass is 497 g/mol. The molecule has 1 aliphatic rings. The molecule has 1 N–H and O–H groups in total.